The maximum Gasteiger partial charge on any atom is 0.000251 e. The number of benzene rings is 1. The topological polar surface area (TPSA) is 12.0 Å². The van der Waals surface area contributed by atoms with Crippen LogP contribution in [0.15, 0.2) is 24.3 Å². The SMILES string of the molecule is CCNCC(C)(C)CCc1ccc(C2CCCCC2)cc1. The van der Waals surface area contributed by atoms with Gasteiger partial charge >= 0.3 is 0 Å². The van der Waals surface area contributed by atoms with E-state index in [2.05, 4.69) is 50.4 Å². The first-order chi connectivity index (χ1) is 10.1. The molecule has 0 unspecified atom stereocenters. The lowest BCUT2D eigenvalue weighted by atomic mass is 9.83. The number of hydrogen-bond acceptors (Lipinski definition) is 1. The molecule has 1 N–H and O–H groups in total. The van der Waals surface area contributed by atoms with Crippen molar-refractivity contribution in [2.45, 2.75) is 71.6 Å². The Morgan fingerprint density at radius 2 is 1.71 bits per heavy atom. The largest absolute Gasteiger partial charge is 0.316 e. The predicted molar refractivity (Wildman–Crippen MR) is 92.9 cm³/mol. The molecule has 1 aliphatic carbocycles. The van der Waals surface area contributed by atoms with Gasteiger partial charge in [-0.1, -0.05) is 64.3 Å². The van der Waals surface area contributed by atoms with Gasteiger partial charge in [0, 0.05) is 6.54 Å². The van der Waals surface area contributed by atoms with Gasteiger partial charge in [0.05, 0.1) is 0 Å². The lowest BCUT2D eigenvalue weighted by Crippen LogP contribution is -2.29. The molecule has 1 heteroatoms. The van der Waals surface area contributed by atoms with Crippen LogP contribution in [0.5, 0.6) is 0 Å². The van der Waals surface area contributed by atoms with E-state index in [4.69, 9.17) is 0 Å². The highest BCUT2D eigenvalue weighted by Crippen LogP contribution is 2.32. The average molecular weight is 287 g/mol. The second-order valence-electron chi connectivity index (χ2n) is 7.52. The van der Waals surface area contributed by atoms with Crippen LogP contribution in [0.2, 0.25) is 0 Å². The highest BCUT2D eigenvalue weighted by atomic mass is 14.9. The molecule has 0 radical (unpaired) electrons. The molecule has 0 aromatic heterocycles. The normalized spacial score (nSPS) is 17.1. The van der Waals surface area contributed by atoms with Crippen LogP contribution >= 0.6 is 0 Å². The summed E-state index contributed by atoms with van der Waals surface area (Å²) in [5, 5.41) is 3.48. The van der Waals surface area contributed by atoms with Crippen LogP contribution < -0.4 is 5.32 Å². The third-order valence-corrected chi connectivity index (χ3v) is 5.00. The summed E-state index contributed by atoms with van der Waals surface area (Å²) in [5.74, 6) is 0.831. The molecular weight excluding hydrogens is 254 g/mol. The molecule has 0 aliphatic heterocycles. The molecule has 0 saturated heterocycles. The van der Waals surface area contributed by atoms with Gasteiger partial charge in [-0.3, -0.25) is 0 Å². The molecular formula is C20H33N. The van der Waals surface area contributed by atoms with Gasteiger partial charge in [0.1, 0.15) is 0 Å². The van der Waals surface area contributed by atoms with Crippen molar-refractivity contribution in [1.82, 2.24) is 5.32 Å². The fourth-order valence-electron chi connectivity index (χ4n) is 3.43. The quantitative estimate of drug-likeness (QED) is 0.717. The first-order valence-electron chi connectivity index (χ1n) is 8.90. The first kappa shape index (κ1) is 16.5. The maximum absolute atomic E-state index is 3.48. The molecule has 21 heavy (non-hydrogen) atoms. The van der Waals surface area contributed by atoms with Crippen LogP contribution in [-0.2, 0) is 6.42 Å². The van der Waals surface area contributed by atoms with Gasteiger partial charge in [0.15, 0.2) is 0 Å². The van der Waals surface area contributed by atoms with E-state index in [9.17, 15) is 0 Å². The van der Waals surface area contributed by atoms with Crippen molar-refractivity contribution in [3.63, 3.8) is 0 Å². The van der Waals surface area contributed by atoms with Crippen molar-refractivity contribution in [1.29, 1.82) is 0 Å². The Morgan fingerprint density at radius 3 is 2.33 bits per heavy atom. The molecule has 118 valence electrons. The van der Waals surface area contributed by atoms with Gasteiger partial charge in [-0.15, -0.1) is 0 Å². The number of hydrogen-bond donors (Lipinski definition) is 1. The summed E-state index contributed by atoms with van der Waals surface area (Å²) in [7, 11) is 0. The van der Waals surface area contributed by atoms with Crippen LogP contribution in [-0.4, -0.2) is 13.1 Å². The van der Waals surface area contributed by atoms with Gasteiger partial charge in [0.25, 0.3) is 0 Å². The standard InChI is InChI=1S/C20H33N/c1-4-21-16-20(2,3)15-14-17-10-12-19(13-11-17)18-8-6-5-7-9-18/h10-13,18,21H,4-9,14-16H2,1-3H3. The number of rotatable bonds is 7. The summed E-state index contributed by atoms with van der Waals surface area (Å²) in [5.41, 5.74) is 3.46. The summed E-state index contributed by atoms with van der Waals surface area (Å²) in [4.78, 5) is 0. The molecule has 1 nitrogen and oxygen atoms in total. The van der Waals surface area contributed by atoms with Crippen molar-refractivity contribution in [2.75, 3.05) is 13.1 Å². The summed E-state index contributed by atoms with van der Waals surface area (Å²) in [6, 6.07) is 9.52. The predicted octanol–water partition coefficient (Wildman–Crippen LogP) is 5.30. The van der Waals surface area contributed by atoms with Crippen LogP contribution in [0.1, 0.15) is 76.3 Å². The Labute approximate surface area is 131 Å². The minimum atomic E-state index is 0.387. The third kappa shape index (κ3) is 5.47. The Hall–Kier alpha value is -0.820. The molecule has 1 fully saturated rings. The van der Waals surface area contributed by atoms with E-state index in [0.29, 0.717) is 5.41 Å². The van der Waals surface area contributed by atoms with Gasteiger partial charge in [-0.05, 0) is 54.7 Å². The zero-order valence-electron chi connectivity index (χ0n) is 14.3. The summed E-state index contributed by atoms with van der Waals surface area (Å²) >= 11 is 0. The number of nitrogens with one attached hydrogen (secondary N) is 1. The van der Waals surface area contributed by atoms with Crippen LogP contribution in [0.4, 0.5) is 0 Å². The first-order valence-corrected chi connectivity index (χ1v) is 8.90. The van der Waals surface area contributed by atoms with Crippen LogP contribution in [0.25, 0.3) is 0 Å². The minimum absolute atomic E-state index is 0.387. The average Bonchev–Trinajstić information content (AvgIpc) is 2.53. The molecule has 0 spiro atoms. The van der Waals surface area contributed by atoms with Crippen molar-refractivity contribution < 1.29 is 0 Å². The second kappa shape index (κ2) is 7.98. The molecule has 1 aromatic carbocycles. The van der Waals surface area contributed by atoms with Crippen LogP contribution in [0, 0.1) is 5.41 Å². The molecule has 2 rings (SSSR count). The molecule has 0 amide bonds. The summed E-state index contributed by atoms with van der Waals surface area (Å²) in [6.45, 7) is 9.10. The molecule has 0 bridgehead atoms. The third-order valence-electron chi connectivity index (χ3n) is 5.00. The highest BCUT2D eigenvalue weighted by Gasteiger charge is 2.18. The smallest absolute Gasteiger partial charge is 0.000251 e. The van der Waals surface area contributed by atoms with E-state index in [-0.39, 0.29) is 0 Å². The zero-order valence-corrected chi connectivity index (χ0v) is 14.3. The Balaban J connectivity index is 1.84. The molecule has 1 saturated carbocycles. The van der Waals surface area contributed by atoms with E-state index in [1.165, 1.54) is 50.5 Å². The Kier molecular flexibility index (Phi) is 6.29. The fraction of sp³-hybridized carbons (Fsp3) is 0.700. The minimum Gasteiger partial charge on any atom is -0.316 e. The second-order valence-corrected chi connectivity index (χ2v) is 7.52. The Bertz CT molecular complexity index is 398. The van der Waals surface area contributed by atoms with E-state index in [1.807, 2.05) is 0 Å². The lowest BCUT2D eigenvalue weighted by Gasteiger charge is -2.25. The van der Waals surface area contributed by atoms with Crippen molar-refractivity contribution in [3.05, 3.63) is 35.4 Å². The van der Waals surface area contributed by atoms with Crippen molar-refractivity contribution in [2.24, 2.45) is 5.41 Å². The van der Waals surface area contributed by atoms with Gasteiger partial charge < -0.3 is 5.32 Å². The summed E-state index contributed by atoms with van der Waals surface area (Å²) in [6.07, 6.45) is 9.53. The van der Waals surface area contributed by atoms with E-state index in [0.717, 1.165) is 19.0 Å². The van der Waals surface area contributed by atoms with E-state index < -0.39 is 0 Å². The molecule has 1 aromatic rings. The summed E-state index contributed by atoms with van der Waals surface area (Å²) < 4.78 is 0. The molecule has 1 aliphatic rings. The van der Waals surface area contributed by atoms with E-state index in [1.54, 1.807) is 5.56 Å². The monoisotopic (exact) mass is 287 g/mol. The Morgan fingerprint density at radius 1 is 1.05 bits per heavy atom. The lowest BCUT2D eigenvalue weighted by molar-refractivity contribution is 0.318. The van der Waals surface area contributed by atoms with Gasteiger partial charge in [0.2, 0.25) is 0 Å². The van der Waals surface area contributed by atoms with Crippen molar-refractivity contribution in [3.8, 4) is 0 Å². The van der Waals surface area contributed by atoms with E-state index >= 15 is 0 Å². The van der Waals surface area contributed by atoms with Crippen molar-refractivity contribution >= 4 is 0 Å². The van der Waals surface area contributed by atoms with Crippen LogP contribution in [0.3, 0.4) is 0 Å². The maximum atomic E-state index is 3.48. The highest BCUT2D eigenvalue weighted by molar-refractivity contribution is 5.26. The van der Waals surface area contributed by atoms with Gasteiger partial charge in [-0.2, -0.15) is 0 Å². The number of aryl methyl sites for hydroxylation is 1. The molecule has 0 atom stereocenters. The molecule has 0 heterocycles. The fourth-order valence-corrected chi connectivity index (χ4v) is 3.43. The van der Waals surface area contributed by atoms with Gasteiger partial charge in [-0.25, -0.2) is 0 Å². The zero-order chi connectivity index (χ0) is 15.1.